The van der Waals surface area contributed by atoms with E-state index in [4.69, 9.17) is 25.6 Å². The Morgan fingerprint density at radius 3 is 2.56 bits per heavy atom. The molecular formula is C20H27BClNO4. The molecule has 0 radical (unpaired) electrons. The first-order valence-corrected chi connectivity index (χ1v) is 9.69. The highest BCUT2D eigenvalue weighted by Gasteiger charge is 2.51. The topological polar surface area (TPSA) is 48.0 Å². The number of hydrogen-bond acceptors (Lipinski definition) is 4. The Labute approximate surface area is 166 Å². The second-order valence-corrected chi connectivity index (χ2v) is 8.52. The second-order valence-electron chi connectivity index (χ2n) is 8.09. The molecule has 2 heterocycles. The fraction of sp³-hybridized carbons (Fsp3) is 0.550. The summed E-state index contributed by atoms with van der Waals surface area (Å²) in [7, 11) is -0.511. The van der Waals surface area contributed by atoms with Crippen LogP contribution >= 0.6 is 11.6 Å². The molecule has 2 fully saturated rings. The van der Waals surface area contributed by atoms with E-state index in [1.807, 2.05) is 45.9 Å². The van der Waals surface area contributed by atoms with Crippen LogP contribution in [0.2, 0.25) is 5.02 Å². The second kappa shape index (κ2) is 7.59. The first-order chi connectivity index (χ1) is 12.6. The Morgan fingerprint density at radius 1 is 1.26 bits per heavy atom. The van der Waals surface area contributed by atoms with E-state index < -0.39 is 18.3 Å². The van der Waals surface area contributed by atoms with Crippen LogP contribution in [0.15, 0.2) is 30.9 Å². The molecule has 2 aliphatic heterocycles. The molecule has 146 valence electrons. The molecule has 2 aliphatic rings. The number of benzene rings is 1. The van der Waals surface area contributed by atoms with Crippen molar-refractivity contribution < 1.29 is 18.8 Å². The van der Waals surface area contributed by atoms with Gasteiger partial charge in [-0.25, -0.2) is 0 Å². The van der Waals surface area contributed by atoms with Crippen molar-refractivity contribution in [3.63, 3.8) is 0 Å². The summed E-state index contributed by atoms with van der Waals surface area (Å²) < 4.78 is 18.0. The number of hydrogen-bond donors (Lipinski definition) is 0. The number of carbonyl (C=O) groups is 1. The minimum absolute atomic E-state index is 0.109. The minimum atomic E-state index is -0.511. The molecule has 1 amide bonds. The van der Waals surface area contributed by atoms with Crippen LogP contribution in [-0.2, 0) is 18.8 Å². The van der Waals surface area contributed by atoms with Gasteiger partial charge in [0.15, 0.2) is 0 Å². The lowest BCUT2D eigenvalue weighted by atomic mass is 9.78. The van der Waals surface area contributed by atoms with Gasteiger partial charge in [-0.3, -0.25) is 4.79 Å². The molecule has 0 spiro atoms. The lowest BCUT2D eigenvalue weighted by molar-refractivity contribution is -0.128. The summed E-state index contributed by atoms with van der Waals surface area (Å²) in [6.07, 6.45) is 2.14. The van der Waals surface area contributed by atoms with Crippen molar-refractivity contribution in [2.24, 2.45) is 0 Å². The van der Waals surface area contributed by atoms with E-state index in [0.29, 0.717) is 24.8 Å². The third-order valence-electron chi connectivity index (χ3n) is 5.65. The summed E-state index contributed by atoms with van der Waals surface area (Å²) in [6.45, 7) is 13.4. The maximum absolute atomic E-state index is 12.4. The average molecular weight is 392 g/mol. The van der Waals surface area contributed by atoms with Gasteiger partial charge in [-0.15, -0.1) is 0 Å². The highest BCUT2D eigenvalue weighted by Crippen LogP contribution is 2.37. The lowest BCUT2D eigenvalue weighted by Crippen LogP contribution is -2.41. The quantitative estimate of drug-likeness (QED) is 0.587. The maximum atomic E-state index is 12.4. The number of amides is 1. The predicted octanol–water partition coefficient (Wildman–Crippen LogP) is 3.12. The summed E-state index contributed by atoms with van der Waals surface area (Å²) in [5.74, 6) is -0.109. The zero-order valence-corrected chi connectivity index (χ0v) is 17.2. The molecule has 0 aromatic heterocycles. The van der Waals surface area contributed by atoms with Crippen molar-refractivity contribution in [3.8, 4) is 0 Å². The average Bonchev–Trinajstić information content (AvgIpc) is 2.77. The van der Waals surface area contributed by atoms with Crippen LogP contribution in [0.3, 0.4) is 0 Å². The van der Waals surface area contributed by atoms with Gasteiger partial charge in [0.25, 0.3) is 0 Å². The summed E-state index contributed by atoms with van der Waals surface area (Å²) in [5, 5.41) is 0.576. The normalized spacial score (nSPS) is 24.6. The molecule has 27 heavy (non-hydrogen) atoms. The van der Waals surface area contributed by atoms with E-state index in [1.54, 1.807) is 4.90 Å². The standard InChI is InChI=1S/C20H27BClNO4/c1-6-18(24)23-8-7-9-25-13-17(23)14-10-15(12-16(22)11-14)21-26-19(2,3)20(4,5)27-21/h6,10-12,17H,1,7-9,13H2,2-5H3. The molecule has 1 unspecified atom stereocenters. The van der Waals surface area contributed by atoms with Gasteiger partial charge < -0.3 is 18.9 Å². The van der Waals surface area contributed by atoms with Crippen LogP contribution in [0.25, 0.3) is 0 Å². The minimum Gasteiger partial charge on any atom is -0.399 e. The zero-order chi connectivity index (χ0) is 19.8. The van der Waals surface area contributed by atoms with Crippen molar-refractivity contribution in [2.75, 3.05) is 19.8 Å². The van der Waals surface area contributed by atoms with Crippen molar-refractivity contribution in [2.45, 2.75) is 51.4 Å². The van der Waals surface area contributed by atoms with Gasteiger partial charge in [-0.05, 0) is 63.4 Å². The van der Waals surface area contributed by atoms with Gasteiger partial charge in [0, 0.05) is 18.2 Å². The van der Waals surface area contributed by atoms with Gasteiger partial charge in [-0.1, -0.05) is 24.2 Å². The molecule has 7 heteroatoms. The highest BCUT2D eigenvalue weighted by molar-refractivity contribution is 6.62. The van der Waals surface area contributed by atoms with Gasteiger partial charge >= 0.3 is 7.12 Å². The smallest absolute Gasteiger partial charge is 0.399 e. The molecule has 0 saturated carbocycles. The Balaban J connectivity index is 1.95. The summed E-state index contributed by atoms with van der Waals surface area (Å²) in [5.41, 5.74) is 0.878. The van der Waals surface area contributed by atoms with Gasteiger partial charge in [0.1, 0.15) is 0 Å². The molecule has 1 aromatic rings. The first kappa shape index (κ1) is 20.4. The molecular weight excluding hydrogens is 364 g/mol. The van der Waals surface area contributed by atoms with E-state index in [2.05, 4.69) is 6.58 Å². The Bertz CT molecular complexity index is 721. The number of carbonyl (C=O) groups excluding carboxylic acids is 1. The lowest BCUT2D eigenvalue weighted by Gasteiger charge is -2.32. The number of ether oxygens (including phenoxy) is 1. The summed E-state index contributed by atoms with van der Waals surface area (Å²) in [4.78, 5) is 14.2. The van der Waals surface area contributed by atoms with Crippen LogP contribution in [0.5, 0.6) is 0 Å². The SMILES string of the molecule is C=CC(=O)N1CCCOCC1c1cc(Cl)cc(B2OC(C)(C)C(C)(C)O2)c1. The van der Waals surface area contributed by atoms with E-state index in [1.165, 1.54) is 6.08 Å². The van der Waals surface area contributed by atoms with Crippen LogP contribution in [0, 0.1) is 0 Å². The number of rotatable bonds is 3. The third-order valence-corrected chi connectivity index (χ3v) is 5.87. The maximum Gasteiger partial charge on any atom is 0.494 e. The Kier molecular flexibility index (Phi) is 5.73. The van der Waals surface area contributed by atoms with Crippen LogP contribution in [0.4, 0.5) is 0 Å². The van der Waals surface area contributed by atoms with Crippen LogP contribution in [0.1, 0.15) is 45.7 Å². The van der Waals surface area contributed by atoms with E-state index in [-0.39, 0.29) is 11.9 Å². The first-order valence-electron chi connectivity index (χ1n) is 9.31. The Morgan fingerprint density at radius 2 is 1.93 bits per heavy atom. The molecule has 0 N–H and O–H groups in total. The molecule has 0 bridgehead atoms. The summed E-state index contributed by atoms with van der Waals surface area (Å²) >= 11 is 6.42. The van der Waals surface area contributed by atoms with Gasteiger partial charge in [-0.2, -0.15) is 0 Å². The van der Waals surface area contributed by atoms with Crippen molar-refractivity contribution in [1.29, 1.82) is 0 Å². The van der Waals surface area contributed by atoms with E-state index in [9.17, 15) is 4.79 Å². The van der Waals surface area contributed by atoms with E-state index >= 15 is 0 Å². The fourth-order valence-corrected chi connectivity index (χ4v) is 3.63. The van der Waals surface area contributed by atoms with Crippen molar-refractivity contribution in [3.05, 3.63) is 41.4 Å². The number of nitrogens with zero attached hydrogens (tertiary/aromatic N) is 1. The fourth-order valence-electron chi connectivity index (χ4n) is 3.38. The molecule has 2 saturated heterocycles. The highest BCUT2D eigenvalue weighted by atomic mass is 35.5. The third kappa shape index (κ3) is 4.09. The molecule has 0 aliphatic carbocycles. The predicted molar refractivity (Wildman–Crippen MR) is 107 cm³/mol. The van der Waals surface area contributed by atoms with Crippen LogP contribution in [-0.4, -0.2) is 48.9 Å². The van der Waals surface area contributed by atoms with Gasteiger partial charge in [0.2, 0.25) is 5.91 Å². The van der Waals surface area contributed by atoms with Crippen LogP contribution < -0.4 is 5.46 Å². The summed E-state index contributed by atoms with van der Waals surface area (Å²) in [6, 6.07) is 5.50. The van der Waals surface area contributed by atoms with E-state index in [0.717, 1.165) is 17.4 Å². The largest absolute Gasteiger partial charge is 0.494 e. The molecule has 1 atom stereocenters. The molecule has 5 nitrogen and oxygen atoms in total. The Hall–Kier alpha value is -1.34. The monoisotopic (exact) mass is 391 g/mol. The zero-order valence-electron chi connectivity index (χ0n) is 16.5. The molecule has 3 rings (SSSR count). The van der Waals surface area contributed by atoms with Crippen molar-refractivity contribution in [1.82, 2.24) is 4.90 Å². The van der Waals surface area contributed by atoms with Gasteiger partial charge in [0.05, 0.1) is 23.9 Å². The van der Waals surface area contributed by atoms with Crippen molar-refractivity contribution >= 4 is 30.1 Å². The number of halogens is 1. The molecule has 1 aromatic carbocycles.